The van der Waals surface area contributed by atoms with Gasteiger partial charge in [0.25, 0.3) is 0 Å². The van der Waals surface area contributed by atoms with E-state index in [9.17, 15) is 5.11 Å². The molecular formula is C22H16N2O2. The number of aromatic nitrogens is 2. The molecule has 0 aliphatic heterocycles. The van der Waals surface area contributed by atoms with Crippen molar-refractivity contribution in [3.05, 3.63) is 91.1 Å². The lowest BCUT2D eigenvalue weighted by atomic mass is 10.2. The summed E-state index contributed by atoms with van der Waals surface area (Å²) < 4.78 is 5.56. The van der Waals surface area contributed by atoms with Gasteiger partial charge in [-0.05, 0) is 36.4 Å². The van der Waals surface area contributed by atoms with E-state index < -0.39 is 0 Å². The fraction of sp³-hybridized carbons (Fsp3) is 0. The van der Waals surface area contributed by atoms with E-state index in [1.54, 1.807) is 18.2 Å². The van der Waals surface area contributed by atoms with Gasteiger partial charge in [0, 0.05) is 11.6 Å². The van der Waals surface area contributed by atoms with E-state index >= 15 is 0 Å². The predicted octanol–water partition coefficient (Wildman–Crippen LogP) is 5.44. The molecular weight excluding hydrogens is 324 g/mol. The Morgan fingerprint density at radius 2 is 1.38 bits per heavy atom. The van der Waals surface area contributed by atoms with Crippen LogP contribution >= 0.6 is 0 Å². The molecule has 0 saturated heterocycles. The summed E-state index contributed by atoms with van der Waals surface area (Å²) in [5.41, 5.74) is 3.19. The van der Waals surface area contributed by atoms with Crippen LogP contribution in [0.2, 0.25) is 0 Å². The van der Waals surface area contributed by atoms with Crippen LogP contribution in [0, 0.1) is 0 Å². The van der Waals surface area contributed by atoms with Gasteiger partial charge in [-0.2, -0.15) is 0 Å². The van der Waals surface area contributed by atoms with Crippen molar-refractivity contribution in [1.29, 1.82) is 0 Å². The van der Waals surface area contributed by atoms with Crippen LogP contribution in [-0.4, -0.2) is 15.1 Å². The van der Waals surface area contributed by atoms with Crippen molar-refractivity contribution < 1.29 is 9.52 Å². The minimum absolute atomic E-state index is 0.175. The normalized spacial score (nSPS) is 10.5. The zero-order chi connectivity index (χ0) is 17.8. The predicted molar refractivity (Wildman–Crippen MR) is 103 cm³/mol. The Kier molecular flexibility index (Phi) is 4.31. The topological polar surface area (TPSA) is 59.2 Å². The Bertz CT molecular complexity index is 1070. The first-order valence-corrected chi connectivity index (χ1v) is 8.25. The molecule has 0 bridgehead atoms. The summed E-state index contributed by atoms with van der Waals surface area (Å²) in [6.45, 7) is 0. The highest BCUT2D eigenvalue weighted by Crippen LogP contribution is 2.30. The minimum atomic E-state index is 0.175. The highest BCUT2D eigenvalue weighted by Gasteiger charge is 2.10. The zero-order valence-corrected chi connectivity index (χ0v) is 13.9. The first-order chi connectivity index (χ1) is 12.8. The van der Waals surface area contributed by atoms with Crippen molar-refractivity contribution in [3.63, 3.8) is 0 Å². The van der Waals surface area contributed by atoms with Gasteiger partial charge in [-0.15, -0.1) is 0 Å². The van der Waals surface area contributed by atoms with E-state index in [0.717, 1.165) is 16.6 Å². The maximum Gasteiger partial charge on any atom is 0.231 e. The molecule has 0 spiro atoms. The summed E-state index contributed by atoms with van der Waals surface area (Å²) in [5.74, 6) is 0.619. The zero-order valence-electron chi connectivity index (χ0n) is 13.9. The number of oxazole rings is 1. The smallest absolute Gasteiger partial charge is 0.231 e. The third-order valence-electron chi connectivity index (χ3n) is 3.94. The molecule has 4 nitrogen and oxygen atoms in total. The third kappa shape index (κ3) is 3.26. The Morgan fingerprint density at radius 3 is 2.19 bits per heavy atom. The van der Waals surface area contributed by atoms with Crippen LogP contribution in [0.1, 0.15) is 0 Å². The van der Waals surface area contributed by atoms with Crippen LogP contribution in [0.3, 0.4) is 0 Å². The van der Waals surface area contributed by atoms with Gasteiger partial charge in [0.05, 0.1) is 11.1 Å². The second kappa shape index (κ2) is 7.07. The van der Waals surface area contributed by atoms with E-state index in [1.807, 2.05) is 60.8 Å². The molecule has 26 heavy (non-hydrogen) atoms. The summed E-state index contributed by atoms with van der Waals surface area (Å²) >= 11 is 0. The number of phenols is 1. The van der Waals surface area contributed by atoms with E-state index in [-0.39, 0.29) is 5.75 Å². The number of phenolic OH excluding ortho intramolecular Hbond substituents is 1. The molecule has 1 N–H and O–H groups in total. The monoisotopic (exact) mass is 340 g/mol. The SMILES string of the molecule is Oc1ccccc1-c1nc2ccccc2o1.c1ccc2ncccc2c1. The molecule has 0 fully saturated rings. The second-order valence-corrected chi connectivity index (χ2v) is 5.70. The Hall–Kier alpha value is -3.66. The number of rotatable bonds is 1. The van der Waals surface area contributed by atoms with Gasteiger partial charge >= 0.3 is 0 Å². The number of para-hydroxylation sites is 4. The van der Waals surface area contributed by atoms with Crippen LogP contribution in [0.4, 0.5) is 0 Å². The summed E-state index contributed by atoms with van der Waals surface area (Å²) in [4.78, 5) is 8.50. The highest BCUT2D eigenvalue weighted by atomic mass is 16.3. The van der Waals surface area contributed by atoms with Crippen LogP contribution in [-0.2, 0) is 0 Å². The summed E-state index contributed by atoms with van der Waals surface area (Å²) in [6.07, 6.45) is 1.81. The van der Waals surface area contributed by atoms with Gasteiger partial charge in [-0.1, -0.05) is 48.5 Å². The molecule has 4 heteroatoms. The summed E-state index contributed by atoms with van der Waals surface area (Å²) in [5, 5.41) is 10.9. The molecule has 0 aliphatic carbocycles. The maximum atomic E-state index is 9.69. The number of fused-ring (bicyclic) bond motifs is 2. The average Bonchev–Trinajstić information content (AvgIpc) is 3.13. The fourth-order valence-corrected chi connectivity index (χ4v) is 2.66. The van der Waals surface area contributed by atoms with E-state index in [1.165, 1.54) is 5.39 Å². The van der Waals surface area contributed by atoms with Gasteiger partial charge < -0.3 is 9.52 Å². The third-order valence-corrected chi connectivity index (χ3v) is 3.94. The molecule has 5 rings (SSSR count). The Morgan fingerprint density at radius 1 is 0.692 bits per heavy atom. The molecule has 0 atom stereocenters. The fourth-order valence-electron chi connectivity index (χ4n) is 2.66. The van der Waals surface area contributed by atoms with Crippen molar-refractivity contribution in [1.82, 2.24) is 9.97 Å². The highest BCUT2D eigenvalue weighted by molar-refractivity contribution is 5.78. The Balaban J connectivity index is 0.000000144. The number of pyridine rings is 1. The first kappa shape index (κ1) is 15.8. The number of hydrogen-bond donors (Lipinski definition) is 1. The van der Waals surface area contributed by atoms with Gasteiger partial charge in [-0.3, -0.25) is 4.98 Å². The van der Waals surface area contributed by atoms with Gasteiger partial charge in [0.2, 0.25) is 5.89 Å². The summed E-state index contributed by atoms with van der Waals surface area (Å²) in [7, 11) is 0. The van der Waals surface area contributed by atoms with E-state index in [4.69, 9.17) is 4.42 Å². The molecule has 2 heterocycles. The van der Waals surface area contributed by atoms with E-state index in [0.29, 0.717) is 11.5 Å². The van der Waals surface area contributed by atoms with Gasteiger partial charge in [0.15, 0.2) is 5.58 Å². The van der Waals surface area contributed by atoms with Crippen LogP contribution in [0.15, 0.2) is 95.5 Å². The largest absolute Gasteiger partial charge is 0.507 e. The average molecular weight is 340 g/mol. The molecule has 0 saturated carbocycles. The molecule has 2 aromatic heterocycles. The lowest BCUT2D eigenvalue weighted by Gasteiger charge is -1.97. The van der Waals surface area contributed by atoms with Crippen LogP contribution < -0.4 is 0 Å². The van der Waals surface area contributed by atoms with Crippen molar-refractivity contribution in [2.24, 2.45) is 0 Å². The molecule has 0 aliphatic rings. The molecule has 0 radical (unpaired) electrons. The molecule has 5 aromatic rings. The summed E-state index contributed by atoms with van der Waals surface area (Å²) in [6, 6.07) is 26.6. The van der Waals surface area contributed by atoms with Gasteiger partial charge in [-0.25, -0.2) is 4.98 Å². The lowest BCUT2D eigenvalue weighted by Crippen LogP contribution is -1.77. The number of aromatic hydroxyl groups is 1. The standard InChI is InChI=1S/C13H9NO2.C9H7N/c15-11-7-3-1-5-9(11)13-14-10-6-2-4-8-12(10)16-13;1-2-6-9-8(4-1)5-3-7-10-9/h1-8,15H;1-7H. The number of hydrogen-bond acceptors (Lipinski definition) is 4. The Labute approximate surface area is 150 Å². The second-order valence-electron chi connectivity index (χ2n) is 5.70. The number of nitrogens with zero attached hydrogens (tertiary/aromatic N) is 2. The van der Waals surface area contributed by atoms with Crippen molar-refractivity contribution >= 4 is 22.0 Å². The minimum Gasteiger partial charge on any atom is -0.507 e. The van der Waals surface area contributed by atoms with Crippen molar-refractivity contribution in [2.75, 3.05) is 0 Å². The molecule has 126 valence electrons. The quantitative estimate of drug-likeness (QED) is 0.442. The molecule has 0 amide bonds. The first-order valence-electron chi connectivity index (χ1n) is 8.25. The molecule has 3 aromatic carbocycles. The maximum absolute atomic E-state index is 9.69. The van der Waals surface area contributed by atoms with Crippen molar-refractivity contribution in [3.8, 4) is 17.2 Å². The number of benzene rings is 3. The van der Waals surface area contributed by atoms with Crippen LogP contribution in [0.25, 0.3) is 33.5 Å². The van der Waals surface area contributed by atoms with Gasteiger partial charge in [0.1, 0.15) is 11.3 Å². The van der Waals surface area contributed by atoms with E-state index in [2.05, 4.69) is 22.1 Å². The van der Waals surface area contributed by atoms with Crippen molar-refractivity contribution in [2.45, 2.75) is 0 Å². The lowest BCUT2D eigenvalue weighted by molar-refractivity contribution is 0.474. The van der Waals surface area contributed by atoms with Crippen LogP contribution in [0.5, 0.6) is 5.75 Å². The molecule has 0 unspecified atom stereocenters.